The second-order valence-electron chi connectivity index (χ2n) is 6.78. The third-order valence-corrected chi connectivity index (χ3v) is 4.72. The average molecular weight is 446 g/mol. The Kier molecular flexibility index (Phi) is 6.99. The maximum Gasteiger partial charge on any atom is 0.522 e. The highest BCUT2D eigenvalue weighted by Crippen LogP contribution is 2.41. The van der Waals surface area contributed by atoms with Gasteiger partial charge < -0.3 is 14.5 Å². The fourth-order valence-corrected chi connectivity index (χ4v) is 2.92. The summed E-state index contributed by atoms with van der Waals surface area (Å²) in [5.41, 5.74) is 1.30. The molecule has 162 valence electrons. The van der Waals surface area contributed by atoms with Gasteiger partial charge in [-0.25, -0.2) is 4.79 Å². The molecule has 1 saturated carbocycles. The van der Waals surface area contributed by atoms with Gasteiger partial charge in [-0.15, -0.1) is 23.4 Å². The smallest absolute Gasteiger partial charge is 0.445 e. The summed E-state index contributed by atoms with van der Waals surface area (Å²) in [4.78, 5) is 11.7. The van der Waals surface area contributed by atoms with Crippen LogP contribution in [0.25, 0.3) is 5.57 Å². The first-order chi connectivity index (χ1) is 14.2. The van der Waals surface area contributed by atoms with Crippen LogP contribution >= 0.6 is 11.6 Å². The van der Waals surface area contributed by atoms with E-state index in [1.54, 1.807) is 24.3 Å². The van der Waals surface area contributed by atoms with Crippen molar-refractivity contribution in [1.82, 2.24) is 15.5 Å². The molecule has 1 fully saturated rings. The quantitative estimate of drug-likeness (QED) is 0.626. The lowest BCUT2D eigenvalue weighted by Gasteiger charge is -2.32. The van der Waals surface area contributed by atoms with E-state index in [9.17, 15) is 18.0 Å². The second-order valence-corrected chi connectivity index (χ2v) is 7.22. The molecule has 0 radical (unpaired) electrons. The number of benzene rings is 1. The van der Waals surface area contributed by atoms with Crippen LogP contribution in [0, 0.1) is 0 Å². The molecular weight excluding hydrogens is 427 g/mol. The molecule has 1 aromatic heterocycles. The summed E-state index contributed by atoms with van der Waals surface area (Å²) in [5.74, 6) is 0.164. The molecule has 7 nitrogen and oxygen atoms in total. The number of nitrogens with one attached hydrogen (secondary N) is 1. The van der Waals surface area contributed by atoms with E-state index in [2.05, 4.69) is 26.8 Å². The Bertz CT molecular complexity index is 880. The van der Waals surface area contributed by atoms with Crippen LogP contribution in [-0.4, -0.2) is 35.3 Å². The second kappa shape index (κ2) is 9.48. The lowest BCUT2D eigenvalue weighted by molar-refractivity contribution is -0.352. The fourth-order valence-electron chi connectivity index (χ4n) is 2.80. The lowest BCUT2D eigenvalue weighted by Crippen LogP contribution is -2.34. The Morgan fingerprint density at radius 1 is 1.27 bits per heavy atom. The van der Waals surface area contributed by atoms with Crippen LogP contribution in [0.2, 0.25) is 5.02 Å². The van der Waals surface area contributed by atoms with E-state index >= 15 is 0 Å². The number of amides is 1. The van der Waals surface area contributed by atoms with Crippen molar-refractivity contribution in [2.75, 3.05) is 6.54 Å². The van der Waals surface area contributed by atoms with E-state index in [1.807, 2.05) is 0 Å². The first-order valence-corrected chi connectivity index (χ1v) is 9.48. The van der Waals surface area contributed by atoms with Gasteiger partial charge in [0.2, 0.25) is 11.8 Å². The van der Waals surface area contributed by atoms with Crippen LogP contribution < -0.4 is 5.32 Å². The number of carbonyl (C=O) groups excluding carboxylic acids is 1. The normalized spacial score (nSPS) is 18.5. The van der Waals surface area contributed by atoms with Crippen molar-refractivity contribution in [2.24, 2.45) is 0 Å². The molecule has 3 rings (SSSR count). The maximum absolute atomic E-state index is 12.2. The molecule has 0 saturated heterocycles. The molecule has 1 aliphatic rings. The van der Waals surface area contributed by atoms with Crippen molar-refractivity contribution in [2.45, 2.75) is 44.3 Å². The van der Waals surface area contributed by atoms with Crippen molar-refractivity contribution in [3.8, 4) is 0 Å². The zero-order chi connectivity index (χ0) is 21.7. The van der Waals surface area contributed by atoms with Crippen molar-refractivity contribution in [1.29, 1.82) is 0 Å². The zero-order valence-electron chi connectivity index (χ0n) is 15.7. The summed E-state index contributed by atoms with van der Waals surface area (Å²) in [5, 5.41) is 10.9. The first-order valence-electron chi connectivity index (χ1n) is 9.11. The predicted molar refractivity (Wildman–Crippen MR) is 100 cm³/mol. The highest BCUT2D eigenvalue weighted by molar-refractivity contribution is 6.30. The molecule has 1 heterocycles. The highest BCUT2D eigenvalue weighted by atomic mass is 35.5. The lowest BCUT2D eigenvalue weighted by atomic mass is 9.82. The maximum atomic E-state index is 12.2. The third-order valence-electron chi connectivity index (χ3n) is 4.47. The number of alkyl carbamates (subject to hydrolysis) is 1. The summed E-state index contributed by atoms with van der Waals surface area (Å²) in [6, 6.07) is 6.91. The predicted octanol–water partition coefficient (Wildman–Crippen LogP) is 4.84. The van der Waals surface area contributed by atoms with Gasteiger partial charge in [-0.1, -0.05) is 30.3 Å². The number of aromatic nitrogens is 2. The van der Waals surface area contributed by atoms with Gasteiger partial charge in [0.05, 0.1) is 6.10 Å². The summed E-state index contributed by atoms with van der Waals surface area (Å²) >= 11 is 5.79. The number of hydrogen-bond acceptors (Lipinski definition) is 6. The number of halogens is 4. The van der Waals surface area contributed by atoms with Gasteiger partial charge in [0, 0.05) is 23.1 Å². The Morgan fingerprint density at radius 2 is 1.97 bits per heavy atom. The molecule has 0 aliphatic heterocycles. The number of ether oxygens (including phenoxy) is 2. The Labute approximate surface area is 175 Å². The van der Waals surface area contributed by atoms with Gasteiger partial charge in [-0.3, -0.25) is 4.74 Å². The molecule has 0 atom stereocenters. The molecule has 11 heteroatoms. The van der Waals surface area contributed by atoms with E-state index in [4.69, 9.17) is 20.8 Å². The van der Waals surface area contributed by atoms with Gasteiger partial charge in [-0.05, 0) is 37.0 Å². The largest absolute Gasteiger partial charge is 0.522 e. The minimum absolute atomic E-state index is 0.109. The molecule has 2 aromatic rings. The Morgan fingerprint density at radius 3 is 2.63 bits per heavy atom. The number of rotatable bonds is 8. The number of alkyl halides is 3. The monoisotopic (exact) mass is 445 g/mol. The first kappa shape index (κ1) is 22.1. The van der Waals surface area contributed by atoms with Crippen molar-refractivity contribution < 1.29 is 31.9 Å². The van der Waals surface area contributed by atoms with Crippen LogP contribution in [0.1, 0.15) is 42.5 Å². The zero-order valence-corrected chi connectivity index (χ0v) is 16.5. The minimum Gasteiger partial charge on any atom is -0.445 e. The highest BCUT2D eigenvalue weighted by Gasteiger charge is 2.42. The summed E-state index contributed by atoms with van der Waals surface area (Å²) in [7, 11) is 0. The van der Waals surface area contributed by atoms with Crippen molar-refractivity contribution in [3.05, 3.63) is 53.2 Å². The Balaban J connectivity index is 1.35. The topological polar surface area (TPSA) is 86.5 Å². The summed E-state index contributed by atoms with van der Waals surface area (Å²) < 4.78 is 51.0. The van der Waals surface area contributed by atoms with Gasteiger partial charge in [0.15, 0.2) is 0 Å². The average Bonchev–Trinajstić information content (AvgIpc) is 3.13. The van der Waals surface area contributed by atoms with Crippen LogP contribution in [0.3, 0.4) is 0 Å². The van der Waals surface area contributed by atoms with E-state index in [0.29, 0.717) is 17.0 Å². The van der Waals surface area contributed by atoms with Crippen molar-refractivity contribution in [3.63, 3.8) is 0 Å². The number of carbonyl (C=O) groups is 1. The van der Waals surface area contributed by atoms with Gasteiger partial charge in [-0.2, -0.15) is 0 Å². The summed E-state index contributed by atoms with van der Waals surface area (Å²) in [6.07, 6.45) is -5.47. The van der Waals surface area contributed by atoms with Crippen molar-refractivity contribution >= 4 is 23.3 Å². The Hall–Kier alpha value is -2.59. The molecule has 0 unspecified atom stereocenters. The van der Waals surface area contributed by atoms with E-state index in [0.717, 1.165) is 5.56 Å². The molecule has 1 amide bonds. The summed E-state index contributed by atoms with van der Waals surface area (Å²) in [6.45, 7) is 4.17. The molecule has 0 bridgehead atoms. The minimum atomic E-state index is -4.65. The molecule has 1 aromatic carbocycles. The number of nitrogens with zero attached hydrogens (tertiary/aromatic N) is 2. The number of hydrogen-bond donors (Lipinski definition) is 1. The molecule has 0 spiro atoms. The molecular formula is C19H19ClF3N3O4. The van der Waals surface area contributed by atoms with Crippen LogP contribution in [0.5, 0.6) is 0 Å². The standard InChI is InChI=1S/C19H19ClF3N3O4/c1-11(6-7-24-18(27)28-10-12-2-4-14(20)5-3-12)16-25-26-17(29-16)13-8-15(9-13)30-19(21,22)23/h2-5,13,15H,1,6-10H2,(H,24,27). The molecule has 30 heavy (non-hydrogen) atoms. The van der Waals surface area contributed by atoms with E-state index < -0.39 is 18.6 Å². The van der Waals surface area contributed by atoms with E-state index in [-0.39, 0.29) is 43.7 Å². The third kappa shape index (κ3) is 6.46. The molecule has 1 N–H and O–H groups in total. The van der Waals surface area contributed by atoms with Gasteiger partial charge >= 0.3 is 12.5 Å². The van der Waals surface area contributed by atoms with E-state index in [1.165, 1.54) is 0 Å². The molecule has 1 aliphatic carbocycles. The van der Waals surface area contributed by atoms with Crippen LogP contribution in [-0.2, 0) is 16.1 Å². The van der Waals surface area contributed by atoms with Crippen LogP contribution in [0.15, 0.2) is 35.3 Å². The van der Waals surface area contributed by atoms with Crippen LogP contribution in [0.4, 0.5) is 18.0 Å². The van der Waals surface area contributed by atoms with Gasteiger partial charge in [0.1, 0.15) is 6.61 Å². The SMILES string of the molecule is C=C(CCNC(=O)OCc1ccc(Cl)cc1)c1nnc(C2CC(OC(F)(F)F)C2)o1. The fraction of sp³-hybridized carbons (Fsp3) is 0.421. The van der Waals surface area contributed by atoms with Gasteiger partial charge in [0.25, 0.3) is 0 Å².